The number of hydrogen-bond acceptors (Lipinski definition) is 3. The zero-order chi connectivity index (χ0) is 13.0. The Morgan fingerprint density at radius 2 is 2.28 bits per heavy atom. The van der Waals surface area contributed by atoms with E-state index >= 15 is 0 Å². The molecule has 0 amide bonds. The van der Waals surface area contributed by atoms with Crippen molar-refractivity contribution in [2.75, 3.05) is 18.1 Å². The highest BCUT2D eigenvalue weighted by molar-refractivity contribution is 8.00. The Morgan fingerprint density at radius 1 is 1.44 bits per heavy atom. The molecule has 0 aromatic heterocycles. The zero-order valence-corrected chi connectivity index (χ0v) is 11.9. The molecule has 0 bridgehead atoms. The van der Waals surface area contributed by atoms with Gasteiger partial charge in [-0.2, -0.15) is 11.8 Å². The molecule has 0 radical (unpaired) electrons. The van der Waals surface area contributed by atoms with E-state index in [0.29, 0.717) is 11.9 Å². The second-order valence-electron chi connectivity index (χ2n) is 4.89. The number of hydrogen-bond donors (Lipinski definition) is 0. The SMILES string of the molecule is Cc1ccc(C(=O)CSCC2CCCO2)c(C)c1. The van der Waals surface area contributed by atoms with Crippen LogP contribution in [0.5, 0.6) is 0 Å². The quantitative estimate of drug-likeness (QED) is 0.762. The molecule has 3 heteroatoms. The molecule has 1 heterocycles. The highest BCUT2D eigenvalue weighted by Gasteiger charge is 2.16. The lowest BCUT2D eigenvalue weighted by Crippen LogP contribution is -2.11. The third-order valence-electron chi connectivity index (χ3n) is 3.24. The van der Waals surface area contributed by atoms with E-state index in [-0.39, 0.29) is 5.78 Å². The molecule has 0 N–H and O–H groups in total. The highest BCUT2D eigenvalue weighted by atomic mass is 32.2. The standard InChI is InChI=1S/C15H20O2S/c1-11-5-6-14(12(2)8-11)15(16)10-18-9-13-4-3-7-17-13/h5-6,8,13H,3-4,7,9-10H2,1-2H3. The van der Waals surface area contributed by atoms with E-state index in [2.05, 4.69) is 6.07 Å². The molecule has 1 atom stereocenters. The van der Waals surface area contributed by atoms with Gasteiger partial charge in [0.25, 0.3) is 0 Å². The van der Waals surface area contributed by atoms with Crippen molar-refractivity contribution in [3.05, 3.63) is 34.9 Å². The van der Waals surface area contributed by atoms with Crippen molar-refractivity contribution in [3.8, 4) is 0 Å². The number of rotatable bonds is 5. The summed E-state index contributed by atoms with van der Waals surface area (Å²) >= 11 is 1.69. The molecule has 1 saturated heterocycles. The number of ether oxygens (including phenoxy) is 1. The average Bonchev–Trinajstić information content (AvgIpc) is 2.81. The molecule has 0 aliphatic carbocycles. The number of aryl methyl sites for hydroxylation is 2. The fraction of sp³-hybridized carbons (Fsp3) is 0.533. The van der Waals surface area contributed by atoms with Gasteiger partial charge in [0.2, 0.25) is 0 Å². The molecule has 1 unspecified atom stereocenters. The van der Waals surface area contributed by atoms with Gasteiger partial charge in [-0.25, -0.2) is 0 Å². The van der Waals surface area contributed by atoms with E-state index < -0.39 is 0 Å². The normalized spacial score (nSPS) is 19.1. The number of benzene rings is 1. The van der Waals surface area contributed by atoms with Gasteiger partial charge >= 0.3 is 0 Å². The first-order chi connectivity index (χ1) is 8.66. The number of thioether (sulfide) groups is 1. The first-order valence-corrected chi connectivity index (χ1v) is 7.62. The van der Waals surface area contributed by atoms with Gasteiger partial charge in [0.05, 0.1) is 11.9 Å². The molecule has 0 saturated carbocycles. The van der Waals surface area contributed by atoms with Gasteiger partial charge in [-0.1, -0.05) is 23.8 Å². The smallest absolute Gasteiger partial charge is 0.172 e. The van der Waals surface area contributed by atoms with Gasteiger partial charge in [0.15, 0.2) is 5.78 Å². The van der Waals surface area contributed by atoms with Crippen molar-refractivity contribution in [3.63, 3.8) is 0 Å². The summed E-state index contributed by atoms with van der Waals surface area (Å²) in [7, 11) is 0. The molecule has 98 valence electrons. The minimum absolute atomic E-state index is 0.232. The van der Waals surface area contributed by atoms with Crippen LogP contribution in [0.3, 0.4) is 0 Å². The van der Waals surface area contributed by atoms with E-state index in [9.17, 15) is 4.79 Å². The molecular weight excluding hydrogens is 244 g/mol. The van der Waals surface area contributed by atoms with Crippen molar-refractivity contribution in [1.29, 1.82) is 0 Å². The van der Waals surface area contributed by atoms with E-state index in [1.165, 1.54) is 5.56 Å². The van der Waals surface area contributed by atoms with Crippen molar-refractivity contribution < 1.29 is 9.53 Å². The zero-order valence-electron chi connectivity index (χ0n) is 11.1. The van der Waals surface area contributed by atoms with E-state index in [1.54, 1.807) is 11.8 Å². The Hall–Kier alpha value is -0.800. The fourth-order valence-electron chi connectivity index (χ4n) is 2.26. The summed E-state index contributed by atoms with van der Waals surface area (Å²) in [5, 5.41) is 0. The number of Topliss-reactive ketones (excluding diaryl/α,β-unsaturated/α-hetero) is 1. The molecule has 1 fully saturated rings. The summed E-state index contributed by atoms with van der Waals surface area (Å²) in [6.45, 7) is 4.94. The molecule has 1 aliphatic heterocycles. The van der Waals surface area contributed by atoms with Gasteiger partial charge in [-0.05, 0) is 32.3 Å². The molecule has 1 aromatic carbocycles. The molecule has 0 spiro atoms. The minimum Gasteiger partial charge on any atom is -0.377 e. The Balaban J connectivity index is 1.83. The van der Waals surface area contributed by atoms with Gasteiger partial charge < -0.3 is 4.74 Å². The Bertz CT molecular complexity index is 423. The van der Waals surface area contributed by atoms with Gasteiger partial charge in [-0.15, -0.1) is 0 Å². The number of carbonyl (C=O) groups excluding carboxylic acids is 1. The Kier molecular flexibility index (Phi) is 4.84. The van der Waals surface area contributed by atoms with Crippen LogP contribution in [-0.4, -0.2) is 30.0 Å². The summed E-state index contributed by atoms with van der Waals surface area (Å²) in [5.41, 5.74) is 3.15. The van der Waals surface area contributed by atoms with Crippen LogP contribution in [0.25, 0.3) is 0 Å². The third-order valence-corrected chi connectivity index (χ3v) is 4.32. The first-order valence-electron chi connectivity index (χ1n) is 6.46. The van der Waals surface area contributed by atoms with Gasteiger partial charge in [0, 0.05) is 17.9 Å². The third kappa shape index (κ3) is 3.59. The number of carbonyl (C=O) groups is 1. The molecule has 2 rings (SSSR count). The second kappa shape index (κ2) is 6.39. The molecule has 1 aromatic rings. The van der Waals surface area contributed by atoms with E-state index in [1.807, 2.05) is 26.0 Å². The highest BCUT2D eigenvalue weighted by Crippen LogP contribution is 2.19. The van der Waals surface area contributed by atoms with Crippen LogP contribution in [0, 0.1) is 13.8 Å². The fourth-order valence-corrected chi connectivity index (χ4v) is 3.25. The lowest BCUT2D eigenvalue weighted by molar-refractivity contribution is 0.102. The van der Waals surface area contributed by atoms with Gasteiger partial charge in [-0.3, -0.25) is 4.79 Å². The van der Waals surface area contributed by atoms with Crippen LogP contribution in [-0.2, 0) is 4.74 Å². The Labute approximate surface area is 113 Å². The van der Waals surface area contributed by atoms with Crippen LogP contribution in [0.15, 0.2) is 18.2 Å². The van der Waals surface area contributed by atoms with Crippen molar-refractivity contribution in [2.24, 2.45) is 0 Å². The summed E-state index contributed by atoms with van der Waals surface area (Å²) < 4.78 is 5.55. The lowest BCUT2D eigenvalue weighted by Gasteiger charge is -2.09. The number of ketones is 1. The molecular formula is C15H20O2S. The molecule has 1 aliphatic rings. The van der Waals surface area contributed by atoms with Crippen LogP contribution in [0.4, 0.5) is 0 Å². The van der Waals surface area contributed by atoms with Crippen LogP contribution >= 0.6 is 11.8 Å². The maximum atomic E-state index is 12.1. The summed E-state index contributed by atoms with van der Waals surface area (Å²) in [5.74, 6) is 1.73. The van der Waals surface area contributed by atoms with E-state index in [4.69, 9.17) is 4.74 Å². The predicted octanol–water partition coefficient (Wildman–Crippen LogP) is 3.40. The van der Waals surface area contributed by atoms with Crippen molar-refractivity contribution >= 4 is 17.5 Å². The topological polar surface area (TPSA) is 26.3 Å². The Morgan fingerprint density at radius 3 is 2.94 bits per heavy atom. The largest absolute Gasteiger partial charge is 0.377 e. The van der Waals surface area contributed by atoms with Crippen molar-refractivity contribution in [1.82, 2.24) is 0 Å². The lowest BCUT2D eigenvalue weighted by atomic mass is 10.0. The van der Waals surface area contributed by atoms with Crippen molar-refractivity contribution in [2.45, 2.75) is 32.8 Å². The summed E-state index contributed by atoms with van der Waals surface area (Å²) in [6.07, 6.45) is 2.67. The molecule has 2 nitrogen and oxygen atoms in total. The predicted molar refractivity (Wildman–Crippen MR) is 76.5 cm³/mol. The van der Waals surface area contributed by atoms with E-state index in [0.717, 1.165) is 36.3 Å². The molecule has 18 heavy (non-hydrogen) atoms. The monoisotopic (exact) mass is 264 g/mol. The maximum Gasteiger partial charge on any atom is 0.172 e. The van der Waals surface area contributed by atoms with Crippen LogP contribution < -0.4 is 0 Å². The van der Waals surface area contributed by atoms with Crippen LogP contribution in [0.2, 0.25) is 0 Å². The summed E-state index contributed by atoms with van der Waals surface area (Å²) in [6, 6.07) is 6.02. The second-order valence-corrected chi connectivity index (χ2v) is 5.92. The van der Waals surface area contributed by atoms with Gasteiger partial charge in [0.1, 0.15) is 0 Å². The maximum absolute atomic E-state index is 12.1. The minimum atomic E-state index is 0.232. The average molecular weight is 264 g/mol. The summed E-state index contributed by atoms with van der Waals surface area (Å²) in [4.78, 5) is 12.1. The van der Waals surface area contributed by atoms with Crippen LogP contribution in [0.1, 0.15) is 34.3 Å². The first kappa shape index (κ1) is 13.6.